The van der Waals surface area contributed by atoms with Crippen LogP contribution in [0, 0.1) is 5.92 Å². The SMILES string of the molecule is O=C(CSc1nc2ccccc2c(=O)n1-c1ccc(OC(F)F)cc1)N1CCCC2CCCCC21. The molecule has 2 heterocycles. The quantitative estimate of drug-likeness (QED) is 0.342. The van der Waals surface area contributed by atoms with Gasteiger partial charge in [0.2, 0.25) is 5.91 Å². The molecule has 2 atom stereocenters. The van der Waals surface area contributed by atoms with Crippen molar-refractivity contribution in [3.8, 4) is 11.4 Å². The van der Waals surface area contributed by atoms with Gasteiger partial charge in [0.1, 0.15) is 5.75 Å². The Morgan fingerprint density at radius 3 is 2.60 bits per heavy atom. The molecule has 184 valence electrons. The van der Waals surface area contributed by atoms with Gasteiger partial charge in [0.25, 0.3) is 5.56 Å². The predicted molar refractivity (Wildman–Crippen MR) is 131 cm³/mol. The van der Waals surface area contributed by atoms with Crippen molar-refractivity contribution in [2.45, 2.75) is 56.3 Å². The Balaban J connectivity index is 1.44. The summed E-state index contributed by atoms with van der Waals surface area (Å²) in [5.74, 6) is 0.848. The Labute approximate surface area is 206 Å². The maximum Gasteiger partial charge on any atom is 0.387 e. The highest BCUT2D eigenvalue weighted by molar-refractivity contribution is 7.99. The predicted octanol–water partition coefficient (Wildman–Crippen LogP) is 5.26. The van der Waals surface area contributed by atoms with Crippen LogP contribution in [-0.2, 0) is 4.79 Å². The minimum Gasteiger partial charge on any atom is -0.435 e. The van der Waals surface area contributed by atoms with Crippen LogP contribution in [0.4, 0.5) is 8.78 Å². The molecular formula is C26H27F2N3O3S. The second-order valence-corrected chi connectivity index (χ2v) is 10.00. The summed E-state index contributed by atoms with van der Waals surface area (Å²) in [5, 5.41) is 0.832. The van der Waals surface area contributed by atoms with Gasteiger partial charge in [-0.05, 0) is 68.0 Å². The monoisotopic (exact) mass is 499 g/mol. The van der Waals surface area contributed by atoms with Gasteiger partial charge in [0, 0.05) is 12.6 Å². The largest absolute Gasteiger partial charge is 0.435 e. The van der Waals surface area contributed by atoms with Gasteiger partial charge in [0.15, 0.2) is 5.16 Å². The number of piperidine rings is 1. The van der Waals surface area contributed by atoms with Crippen LogP contribution in [0.3, 0.4) is 0 Å². The first-order valence-electron chi connectivity index (χ1n) is 12.0. The average Bonchev–Trinajstić information content (AvgIpc) is 2.87. The summed E-state index contributed by atoms with van der Waals surface area (Å²) in [6.45, 7) is -2.15. The van der Waals surface area contributed by atoms with Gasteiger partial charge < -0.3 is 9.64 Å². The van der Waals surface area contributed by atoms with E-state index in [-0.39, 0.29) is 23.0 Å². The molecule has 2 aromatic carbocycles. The van der Waals surface area contributed by atoms with Crippen molar-refractivity contribution in [3.05, 3.63) is 58.9 Å². The number of nitrogens with zero attached hydrogens (tertiary/aromatic N) is 3. The molecule has 0 N–H and O–H groups in total. The lowest BCUT2D eigenvalue weighted by Gasteiger charge is -2.44. The fraction of sp³-hybridized carbons (Fsp3) is 0.423. The number of fused-ring (bicyclic) bond motifs is 2. The molecule has 2 unspecified atom stereocenters. The fourth-order valence-corrected chi connectivity index (χ4v) is 6.26. The summed E-state index contributed by atoms with van der Waals surface area (Å²) in [4.78, 5) is 33.4. The first kappa shape index (κ1) is 23.8. The normalized spacial score (nSPS) is 20.1. The van der Waals surface area contributed by atoms with Crippen LogP contribution in [0.15, 0.2) is 58.5 Å². The average molecular weight is 500 g/mol. The summed E-state index contributed by atoms with van der Waals surface area (Å²) in [7, 11) is 0. The number of hydrogen-bond donors (Lipinski definition) is 0. The zero-order valence-electron chi connectivity index (χ0n) is 19.2. The summed E-state index contributed by atoms with van der Waals surface area (Å²) >= 11 is 1.24. The Bertz CT molecular complexity index is 1260. The van der Waals surface area contributed by atoms with Crippen molar-refractivity contribution in [1.29, 1.82) is 0 Å². The topological polar surface area (TPSA) is 64.4 Å². The Hall–Kier alpha value is -2.94. The minimum atomic E-state index is -2.93. The number of hydrogen-bond acceptors (Lipinski definition) is 5. The van der Waals surface area contributed by atoms with Gasteiger partial charge in [0.05, 0.1) is 22.3 Å². The number of ether oxygens (including phenoxy) is 1. The molecule has 1 aromatic heterocycles. The second-order valence-electron chi connectivity index (χ2n) is 9.05. The van der Waals surface area contributed by atoms with Gasteiger partial charge in [-0.25, -0.2) is 4.98 Å². The molecule has 3 aromatic rings. The van der Waals surface area contributed by atoms with Crippen molar-refractivity contribution in [3.63, 3.8) is 0 Å². The first-order valence-corrected chi connectivity index (χ1v) is 13.0. The Kier molecular flexibility index (Phi) is 7.04. The third-order valence-electron chi connectivity index (χ3n) is 6.95. The lowest BCUT2D eigenvalue weighted by Crippen LogP contribution is -2.50. The number of likely N-dealkylation sites (tertiary alicyclic amines) is 1. The molecule has 1 saturated carbocycles. The van der Waals surface area contributed by atoms with Crippen LogP contribution in [0.5, 0.6) is 5.75 Å². The van der Waals surface area contributed by atoms with Crippen LogP contribution >= 0.6 is 11.8 Å². The van der Waals surface area contributed by atoms with E-state index in [1.165, 1.54) is 47.7 Å². The number of thioether (sulfide) groups is 1. The van der Waals surface area contributed by atoms with E-state index < -0.39 is 6.61 Å². The third-order valence-corrected chi connectivity index (χ3v) is 7.88. The number of carbonyl (C=O) groups excluding carboxylic acids is 1. The molecule has 2 fully saturated rings. The molecule has 2 aliphatic rings. The van der Waals surface area contributed by atoms with Crippen molar-refractivity contribution >= 4 is 28.6 Å². The number of carbonyl (C=O) groups is 1. The van der Waals surface area contributed by atoms with E-state index in [2.05, 4.69) is 9.72 Å². The summed E-state index contributed by atoms with van der Waals surface area (Å²) in [6.07, 6.45) is 6.88. The summed E-state index contributed by atoms with van der Waals surface area (Å²) < 4.78 is 31.0. The van der Waals surface area contributed by atoms with Crippen molar-refractivity contribution in [2.75, 3.05) is 12.3 Å². The molecule has 0 bridgehead atoms. The zero-order valence-corrected chi connectivity index (χ0v) is 20.1. The number of halogens is 2. The van der Waals surface area contributed by atoms with Crippen LogP contribution in [0.25, 0.3) is 16.6 Å². The third kappa shape index (κ3) is 5.05. The number of rotatable bonds is 6. The van der Waals surface area contributed by atoms with Crippen LogP contribution in [0.1, 0.15) is 38.5 Å². The van der Waals surface area contributed by atoms with Gasteiger partial charge in [-0.15, -0.1) is 0 Å². The molecule has 35 heavy (non-hydrogen) atoms. The Morgan fingerprint density at radius 1 is 1.06 bits per heavy atom. The first-order chi connectivity index (χ1) is 17.0. The van der Waals surface area contributed by atoms with Gasteiger partial charge in [-0.2, -0.15) is 8.78 Å². The van der Waals surface area contributed by atoms with E-state index in [1.54, 1.807) is 30.3 Å². The van der Waals surface area contributed by atoms with Crippen molar-refractivity contribution in [2.24, 2.45) is 5.92 Å². The molecular weight excluding hydrogens is 472 g/mol. The van der Waals surface area contributed by atoms with E-state index >= 15 is 0 Å². The summed E-state index contributed by atoms with van der Waals surface area (Å²) in [6, 6.07) is 13.2. The molecule has 6 nitrogen and oxygen atoms in total. The molecule has 0 radical (unpaired) electrons. The number of benzene rings is 2. The van der Waals surface area contributed by atoms with E-state index in [1.807, 2.05) is 11.0 Å². The highest BCUT2D eigenvalue weighted by Crippen LogP contribution is 2.36. The van der Waals surface area contributed by atoms with Crippen LogP contribution < -0.4 is 10.3 Å². The minimum absolute atomic E-state index is 0.00191. The van der Waals surface area contributed by atoms with Gasteiger partial charge >= 0.3 is 6.61 Å². The number of amides is 1. The molecule has 1 saturated heterocycles. The molecule has 9 heteroatoms. The van der Waals surface area contributed by atoms with Crippen molar-refractivity contribution in [1.82, 2.24) is 14.5 Å². The molecule has 0 spiro atoms. The highest BCUT2D eigenvalue weighted by Gasteiger charge is 2.35. The smallest absolute Gasteiger partial charge is 0.387 e. The molecule has 1 amide bonds. The van der Waals surface area contributed by atoms with Crippen LogP contribution in [0.2, 0.25) is 0 Å². The molecule has 1 aliphatic carbocycles. The van der Waals surface area contributed by atoms with Crippen molar-refractivity contribution < 1.29 is 18.3 Å². The number of aromatic nitrogens is 2. The lowest BCUT2D eigenvalue weighted by molar-refractivity contribution is -0.134. The Morgan fingerprint density at radius 2 is 1.80 bits per heavy atom. The van der Waals surface area contributed by atoms with Crippen LogP contribution in [-0.4, -0.2) is 45.3 Å². The molecule has 1 aliphatic heterocycles. The standard InChI is InChI=1S/C26H27F2N3O3S/c27-25(28)34-19-13-11-18(12-14-19)31-24(33)20-8-2-3-9-21(20)29-26(31)35-16-23(32)30-15-5-7-17-6-1-4-10-22(17)30/h2-3,8-9,11-14,17,22,25H,1,4-7,10,15-16H2. The number of para-hydroxylation sites is 1. The van der Waals surface area contributed by atoms with E-state index in [4.69, 9.17) is 0 Å². The molecule has 5 rings (SSSR count). The van der Waals surface area contributed by atoms with E-state index in [0.717, 1.165) is 25.8 Å². The second kappa shape index (κ2) is 10.4. The highest BCUT2D eigenvalue weighted by atomic mass is 32.2. The lowest BCUT2D eigenvalue weighted by atomic mass is 9.78. The van der Waals surface area contributed by atoms with E-state index in [0.29, 0.717) is 33.7 Å². The van der Waals surface area contributed by atoms with Gasteiger partial charge in [-0.3, -0.25) is 14.2 Å². The fourth-order valence-electron chi connectivity index (χ4n) is 5.36. The number of alkyl halides is 2. The zero-order chi connectivity index (χ0) is 24.4. The summed E-state index contributed by atoms with van der Waals surface area (Å²) in [5.41, 5.74) is 0.736. The van der Waals surface area contributed by atoms with Gasteiger partial charge in [-0.1, -0.05) is 36.7 Å². The maximum atomic E-state index is 13.4. The maximum absolute atomic E-state index is 13.4. The van der Waals surface area contributed by atoms with E-state index in [9.17, 15) is 18.4 Å².